The zero-order valence-corrected chi connectivity index (χ0v) is 28.3. The highest BCUT2D eigenvalue weighted by molar-refractivity contribution is 7.27. The molecule has 9 rings (SSSR count). The van der Waals surface area contributed by atoms with Gasteiger partial charge in [0.1, 0.15) is 7.85 Å². The van der Waals surface area contributed by atoms with E-state index < -0.39 is 0 Å². The summed E-state index contributed by atoms with van der Waals surface area (Å²) in [4.78, 5) is 0. The van der Waals surface area contributed by atoms with Gasteiger partial charge in [-0.2, -0.15) is 0 Å². The molecule has 0 bridgehead atoms. The minimum absolute atomic E-state index is 0.150. The van der Waals surface area contributed by atoms with E-state index in [0.717, 1.165) is 0 Å². The van der Waals surface area contributed by atoms with Crippen LogP contribution in [0.1, 0.15) is 49.9 Å². The van der Waals surface area contributed by atoms with Gasteiger partial charge in [-0.15, -0.1) is 9.24 Å². The smallest absolute Gasteiger partial charge is 0.106 e. The lowest BCUT2D eigenvalue weighted by Gasteiger charge is -2.29. The van der Waals surface area contributed by atoms with E-state index in [9.17, 15) is 0 Å². The highest BCUT2D eigenvalue weighted by atomic mass is 31.0. The SMILES string of the molecule is Bc1ccc2c(c1)C(C)(C)c1c-2ccc2c(-c3ccccc3)c3c4c(ccc3c(-c3ccccc3)c12)-c1ccc(P)cc1C4(C)C. The average molecular weight is 607 g/mol. The Hall–Kier alpha value is -4.45. The van der Waals surface area contributed by atoms with Crippen molar-refractivity contribution in [2.75, 3.05) is 0 Å². The van der Waals surface area contributed by atoms with Crippen LogP contribution in [0, 0.1) is 0 Å². The van der Waals surface area contributed by atoms with Crippen molar-refractivity contribution in [1.82, 2.24) is 0 Å². The molecule has 220 valence electrons. The monoisotopic (exact) mass is 606 g/mol. The van der Waals surface area contributed by atoms with Gasteiger partial charge in [-0.1, -0.05) is 154 Å². The largest absolute Gasteiger partial charge is 0.139 e. The van der Waals surface area contributed by atoms with Crippen LogP contribution in [0.2, 0.25) is 0 Å². The van der Waals surface area contributed by atoms with Gasteiger partial charge in [0.05, 0.1) is 0 Å². The molecule has 2 heteroatoms. The van der Waals surface area contributed by atoms with E-state index in [2.05, 4.69) is 166 Å². The molecule has 2 aliphatic carbocycles. The fraction of sp³-hybridized carbons (Fsp3) is 0.136. The van der Waals surface area contributed by atoms with Crippen LogP contribution in [0.3, 0.4) is 0 Å². The molecule has 0 aliphatic heterocycles. The molecule has 0 amide bonds. The molecular weight excluding hydrogens is 570 g/mol. The fourth-order valence-corrected chi connectivity index (χ4v) is 9.22. The molecule has 7 aromatic carbocycles. The van der Waals surface area contributed by atoms with Crippen molar-refractivity contribution in [2.24, 2.45) is 0 Å². The first-order valence-electron chi connectivity index (χ1n) is 16.4. The Bertz CT molecular complexity index is 2240. The molecule has 1 unspecified atom stereocenters. The lowest BCUT2D eigenvalue weighted by Crippen LogP contribution is -2.19. The predicted octanol–water partition coefficient (Wildman–Crippen LogP) is 9.70. The lowest BCUT2D eigenvalue weighted by molar-refractivity contribution is 0.666. The molecule has 0 aromatic heterocycles. The van der Waals surface area contributed by atoms with Crippen LogP contribution in [-0.4, -0.2) is 7.85 Å². The maximum Gasteiger partial charge on any atom is 0.139 e. The Morgan fingerprint density at radius 2 is 0.913 bits per heavy atom. The first kappa shape index (κ1) is 27.8. The Labute approximate surface area is 275 Å². The number of fused-ring (bicyclic) bond motifs is 10. The van der Waals surface area contributed by atoms with Gasteiger partial charge in [-0.3, -0.25) is 0 Å². The van der Waals surface area contributed by atoms with Crippen molar-refractivity contribution in [3.63, 3.8) is 0 Å². The molecule has 46 heavy (non-hydrogen) atoms. The van der Waals surface area contributed by atoms with Crippen molar-refractivity contribution in [1.29, 1.82) is 0 Å². The van der Waals surface area contributed by atoms with Crippen LogP contribution in [0.25, 0.3) is 66.1 Å². The maximum atomic E-state index is 2.92. The first-order valence-corrected chi connectivity index (χ1v) is 17.0. The molecule has 0 N–H and O–H groups in total. The summed E-state index contributed by atoms with van der Waals surface area (Å²) in [5.74, 6) is 0. The van der Waals surface area contributed by atoms with Crippen LogP contribution in [0.15, 0.2) is 121 Å². The van der Waals surface area contributed by atoms with E-state index >= 15 is 0 Å². The zero-order valence-electron chi connectivity index (χ0n) is 27.1. The van der Waals surface area contributed by atoms with Gasteiger partial charge in [0.2, 0.25) is 0 Å². The standard InChI is InChI=1S/C44H36BP/c1-43(2)35-23-27(45)15-17-29(35)31-19-21-33-38(26-13-9-6-10-14-26)40-34(37(39(33)41(31)43)25-11-7-5-8-12-25)22-20-32-30-18-16-28(46)24-36(30)44(3,4)42(32)40/h5-24H,45-46H2,1-4H3. The highest BCUT2D eigenvalue weighted by Crippen LogP contribution is 2.59. The summed E-state index contributed by atoms with van der Waals surface area (Å²) in [6, 6.07) is 45.9. The second-order valence-corrected chi connectivity index (χ2v) is 15.1. The fourth-order valence-electron chi connectivity index (χ4n) is 8.96. The molecule has 0 saturated carbocycles. The van der Waals surface area contributed by atoms with Crippen molar-refractivity contribution in [3.05, 3.63) is 144 Å². The van der Waals surface area contributed by atoms with Gasteiger partial charge in [0.15, 0.2) is 0 Å². The quantitative estimate of drug-likeness (QED) is 0.104. The second-order valence-electron chi connectivity index (χ2n) is 14.4. The minimum atomic E-state index is -0.161. The first-order chi connectivity index (χ1) is 22.2. The number of hydrogen-bond acceptors (Lipinski definition) is 0. The molecule has 0 saturated heterocycles. The molecule has 0 radical (unpaired) electrons. The molecular formula is C44H36BP. The van der Waals surface area contributed by atoms with Crippen LogP contribution < -0.4 is 10.8 Å². The third-order valence-corrected chi connectivity index (χ3v) is 11.3. The highest BCUT2D eigenvalue weighted by Gasteiger charge is 2.41. The van der Waals surface area contributed by atoms with E-state index in [1.165, 1.54) is 99.1 Å². The van der Waals surface area contributed by atoms with Crippen LogP contribution in [0.4, 0.5) is 0 Å². The maximum absolute atomic E-state index is 2.92. The molecule has 0 nitrogen and oxygen atoms in total. The van der Waals surface area contributed by atoms with Gasteiger partial charge < -0.3 is 0 Å². The predicted molar refractivity (Wildman–Crippen MR) is 205 cm³/mol. The van der Waals surface area contributed by atoms with Crippen molar-refractivity contribution in [2.45, 2.75) is 38.5 Å². The Balaban J connectivity index is 1.55. The van der Waals surface area contributed by atoms with Crippen molar-refractivity contribution < 1.29 is 0 Å². The third kappa shape index (κ3) is 3.61. The molecule has 0 spiro atoms. The summed E-state index contributed by atoms with van der Waals surface area (Å²) in [7, 11) is 5.13. The number of benzene rings is 7. The number of hydrogen-bond donors (Lipinski definition) is 0. The van der Waals surface area contributed by atoms with E-state index in [0.29, 0.717) is 0 Å². The number of rotatable bonds is 2. The molecule has 0 fully saturated rings. The zero-order chi connectivity index (χ0) is 31.5. The van der Waals surface area contributed by atoms with Crippen LogP contribution >= 0.6 is 9.24 Å². The Kier molecular flexibility index (Phi) is 5.77. The summed E-state index contributed by atoms with van der Waals surface area (Å²) < 4.78 is 0. The van der Waals surface area contributed by atoms with Gasteiger partial charge in [0.25, 0.3) is 0 Å². The van der Waals surface area contributed by atoms with Crippen molar-refractivity contribution in [3.8, 4) is 44.5 Å². The van der Waals surface area contributed by atoms with E-state index in [4.69, 9.17) is 0 Å². The Morgan fingerprint density at radius 1 is 0.478 bits per heavy atom. The second kappa shape index (κ2) is 9.54. The minimum Gasteiger partial charge on any atom is -0.106 e. The van der Waals surface area contributed by atoms with Crippen LogP contribution in [0.5, 0.6) is 0 Å². The van der Waals surface area contributed by atoms with Crippen molar-refractivity contribution >= 4 is 49.4 Å². The topological polar surface area (TPSA) is 0 Å². The average Bonchev–Trinajstić information content (AvgIpc) is 3.43. The summed E-state index contributed by atoms with van der Waals surface area (Å²) in [6.07, 6.45) is 0. The third-order valence-electron chi connectivity index (χ3n) is 11.0. The van der Waals surface area contributed by atoms with Gasteiger partial charge in [-0.25, -0.2) is 0 Å². The van der Waals surface area contributed by atoms with E-state index in [-0.39, 0.29) is 10.8 Å². The summed E-state index contributed by atoms with van der Waals surface area (Å²) in [6.45, 7) is 9.71. The summed E-state index contributed by atoms with van der Waals surface area (Å²) in [5.41, 5.74) is 17.4. The molecule has 2 aliphatic rings. The van der Waals surface area contributed by atoms with E-state index in [1.807, 2.05) is 0 Å². The Morgan fingerprint density at radius 3 is 1.41 bits per heavy atom. The normalized spacial score (nSPS) is 15.1. The van der Waals surface area contributed by atoms with E-state index in [1.54, 1.807) is 0 Å². The van der Waals surface area contributed by atoms with Gasteiger partial charge in [-0.05, 0) is 93.6 Å². The summed E-state index contributed by atoms with van der Waals surface area (Å²) >= 11 is 0. The van der Waals surface area contributed by atoms with Gasteiger partial charge >= 0.3 is 0 Å². The summed E-state index contributed by atoms with van der Waals surface area (Å²) in [5, 5.41) is 6.66. The molecule has 7 aromatic rings. The molecule has 0 heterocycles. The molecule has 1 atom stereocenters. The lowest BCUT2D eigenvalue weighted by atomic mass is 9.73. The van der Waals surface area contributed by atoms with Gasteiger partial charge in [0, 0.05) is 10.8 Å². The van der Waals surface area contributed by atoms with Crippen LogP contribution in [-0.2, 0) is 10.8 Å².